The van der Waals surface area contributed by atoms with E-state index in [0.29, 0.717) is 6.61 Å². The standard InChI is InChI=1S/C24H29ClN4O/c25-22-4-6-23(7-5-22)29-13-11-28(12-14-29)19-21-17-24(8-3-20(21)18-26)30-16-15-27-9-1-2-10-27/h3-8,17H,1-2,9-16,19H2. The van der Waals surface area contributed by atoms with Crippen LogP contribution >= 0.6 is 11.6 Å². The van der Waals surface area contributed by atoms with Crippen LogP contribution in [0.1, 0.15) is 24.0 Å². The Morgan fingerprint density at radius 3 is 2.33 bits per heavy atom. The van der Waals surface area contributed by atoms with Gasteiger partial charge in [-0.15, -0.1) is 0 Å². The van der Waals surface area contributed by atoms with Crippen molar-refractivity contribution in [1.82, 2.24) is 9.80 Å². The lowest BCUT2D eigenvalue weighted by Crippen LogP contribution is -2.46. The Labute approximate surface area is 184 Å². The number of rotatable bonds is 7. The largest absolute Gasteiger partial charge is 0.492 e. The van der Waals surface area contributed by atoms with Gasteiger partial charge in [0, 0.05) is 50.0 Å². The first-order valence-corrected chi connectivity index (χ1v) is 11.2. The Morgan fingerprint density at radius 2 is 1.63 bits per heavy atom. The van der Waals surface area contributed by atoms with Gasteiger partial charge in [0.15, 0.2) is 0 Å². The quantitative estimate of drug-likeness (QED) is 0.671. The summed E-state index contributed by atoms with van der Waals surface area (Å²) in [7, 11) is 0. The number of nitriles is 1. The maximum absolute atomic E-state index is 9.54. The Kier molecular flexibility index (Phi) is 7.11. The minimum absolute atomic E-state index is 0.700. The van der Waals surface area contributed by atoms with E-state index in [1.807, 2.05) is 30.3 Å². The highest BCUT2D eigenvalue weighted by molar-refractivity contribution is 6.30. The van der Waals surface area contributed by atoms with Gasteiger partial charge in [0.1, 0.15) is 12.4 Å². The molecule has 2 heterocycles. The second kappa shape index (κ2) is 10.2. The molecule has 2 saturated heterocycles. The molecule has 0 radical (unpaired) electrons. The molecule has 0 unspecified atom stereocenters. The van der Waals surface area contributed by atoms with Crippen LogP contribution in [0.5, 0.6) is 5.75 Å². The molecule has 0 aromatic heterocycles. The van der Waals surface area contributed by atoms with Gasteiger partial charge in [-0.25, -0.2) is 0 Å². The van der Waals surface area contributed by atoms with E-state index >= 15 is 0 Å². The van der Waals surface area contributed by atoms with Crippen molar-refractivity contribution in [1.29, 1.82) is 5.26 Å². The first-order valence-electron chi connectivity index (χ1n) is 10.8. The predicted octanol–water partition coefficient (Wildman–Crippen LogP) is 4.01. The molecular weight excluding hydrogens is 396 g/mol. The molecule has 5 nitrogen and oxygen atoms in total. The topological polar surface area (TPSA) is 42.7 Å². The fraction of sp³-hybridized carbons (Fsp3) is 0.458. The van der Waals surface area contributed by atoms with Crippen molar-refractivity contribution in [3.63, 3.8) is 0 Å². The molecule has 2 fully saturated rings. The number of anilines is 1. The van der Waals surface area contributed by atoms with Crippen molar-refractivity contribution in [2.75, 3.05) is 57.3 Å². The minimum Gasteiger partial charge on any atom is -0.492 e. The summed E-state index contributed by atoms with van der Waals surface area (Å²) in [5.74, 6) is 0.864. The lowest BCUT2D eigenvalue weighted by atomic mass is 10.1. The zero-order valence-electron chi connectivity index (χ0n) is 17.4. The number of nitrogens with zero attached hydrogens (tertiary/aromatic N) is 4. The van der Waals surface area contributed by atoms with Crippen molar-refractivity contribution in [3.05, 3.63) is 58.6 Å². The molecule has 0 bridgehead atoms. The van der Waals surface area contributed by atoms with Gasteiger partial charge in [0.05, 0.1) is 11.6 Å². The van der Waals surface area contributed by atoms with Crippen LogP contribution in [0.2, 0.25) is 5.02 Å². The van der Waals surface area contributed by atoms with Crippen LogP contribution in [0, 0.1) is 11.3 Å². The second-order valence-corrected chi connectivity index (χ2v) is 8.50. The van der Waals surface area contributed by atoms with E-state index in [4.69, 9.17) is 16.3 Å². The fourth-order valence-corrected chi connectivity index (χ4v) is 4.38. The van der Waals surface area contributed by atoms with E-state index in [-0.39, 0.29) is 0 Å². The molecule has 0 N–H and O–H groups in total. The number of likely N-dealkylation sites (tertiary alicyclic amines) is 1. The lowest BCUT2D eigenvalue weighted by Gasteiger charge is -2.36. The molecule has 6 heteroatoms. The average Bonchev–Trinajstić information content (AvgIpc) is 3.29. The Bertz CT molecular complexity index is 866. The van der Waals surface area contributed by atoms with Crippen LogP contribution in [0.15, 0.2) is 42.5 Å². The lowest BCUT2D eigenvalue weighted by molar-refractivity contribution is 0.235. The summed E-state index contributed by atoms with van der Waals surface area (Å²) in [6.45, 7) is 8.69. The van der Waals surface area contributed by atoms with Crippen molar-refractivity contribution in [2.45, 2.75) is 19.4 Å². The zero-order chi connectivity index (χ0) is 20.8. The van der Waals surface area contributed by atoms with Gasteiger partial charge in [0.25, 0.3) is 0 Å². The first-order chi connectivity index (χ1) is 14.7. The van der Waals surface area contributed by atoms with Crippen molar-refractivity contribution < 1.29 is 4.74 Å². The zero-order valence-corrected chi connectivity index (χ0v) is 18.2. The normalized spacial score (nSPS) is 17.8. The Hall–Kier alpha value is -2.26. The molecule has 4 rings (SSSR count). The minimum atomic E-state index is 0.700. The number of hydrogen-bond acceptors (Lipinski definition) is 5. The number of ether oxygens (including phenoxy) is 1. The Morgan fingerprint density at radius 1 is 0.900 bits per heavy atom. The van der Waals surface area contributed by atoms with Crippen LogP contribution in [0.3, 0.4) is 0 Å². The van der Waals surface area contributed by atoms with Crippen molar-refractivity contribution >= 4 is 17.3 Å². The monoisotopic (exact) mass is 424 g/mol. The number of halogens is 1. The van der Waals surface area contributed by atoms with E-state index in [9.17, 15) is 5.26 Å². The molecule has 2 aliphatic rings. The van der Waals surface area contributed by atoms with E-state index in [2.05, 4.69) is 32.9 Å². The van der Waals surface area contributed by atoms with Gasteiger partial charge in [-0.3, -0.25) is 9.80 Å². The smallest absolute Gasteiger partial charge is 0.119 e. The van der Waals surface area contributed by atoms with Crippen LogP contribution in [0.25, 0.3) is 0 Å². The third-order valence-corrected chi connectivity index (χ3v) is 6.28. The maximum atomic E-state index is 9.54. The molecule has 30 heavy (non-hydrogen) atoms. The van der Waals surface area contributed by atoms with Gasteiger partial charge in [-0.05, 0) is 74.0 Å². The van der Waals surface area contributed by atoms with Crippen LogP contribution in [-0.2, 0) is 6.54 Å². The number of piperazine rings is 1. The van der Waals surface area contributed by atoms with Crippen molar-refractivity contribution in [3.8, 4) is 11.8 Å². The summed E-state index contributed by atoms with van der Waals surface area (Å²) in [5.41, 5.74) is 3.00. The summed E-state index contributed by atoms with van der Waals surface area (Å²) in [6.07, 6.45) is 2.60. The summed E-state index contributed by atoms with van der Waals surface area (Å²) in [5, 5.41) is 10.3. The van der Waals surface area contributed by atoms with Gasteiger partial charge in [-0.2, -0.15) is 5.26 Å². The summed E-state index contributed by atoms with van der Waals surface area (Å²) in [6, 6.07) is 16.2. The third-order valence-electron chi connectivity index (χ3n) is 6.03. The highest BCUT2D eigenvalue weighted by Gasteiger charge is 2.19. The van der Waals surface area contributed by atoms with Crippen LogP contribution in [0.4, 0.5) is 5.69 Å². The molecule has 0 spiro atoms. The molecule has 2 aromatic carbocycles. The SMILES string of the molecule is N#Cc1ccc(OCCN2CCCC2)cc1CN1CCN(c2ccc(Cl)cc2)CC1. The van der Waals surface area contributed by atoms with Crippen LogP contribution in [-0.4, -0.2) is 62.2 Å². The molecule has 0 aliphatic carbocycles. The summed E-state index contributed by atoms with van der Waals surface area (Å²) >= 11 is 6.00. The molecule has 0 saturated carbocycles. The van der Waals surface area contributed by atoms with E-state index in [1.54, 1.807) is 0 Å². The molecular formula is C24H29ClN4O. The van der Waals surface area contributed by atoms with E-state index in [0.717, 1.165) is 61.2 Å². The van der Waals surface area contributed by atoms with Gasteiger partial charge >= 0.3 is 0 Å². The van der Waals surface area contributed by atoms with Gasteiger partial charge < -0.3 is 9.64 Å². The second-order valence-electron chi connectivity index (χ2n) is 8.07. The Balaban J connectivity index is 1.32. The van der Waals surface area contributed by atoms with Gasteiger partial charge in [0.2, 0.25) is 0 Å². The number of benzene rings is 2. The summed E-state index contributed by atoms with van der Waals surface area (Å²) in [4.78, 5) is 7.25. The molecule has 158 valence electrons. The third kappa shape index (κ3) is 5.46. The molecule has 0 atom stereocenters. The molecule has 2 aliphatic heterocycles. The molecule has 2 aromatic rings. The average molecular weight is 425 g/mol. The highest BCUT2D eigenvalue weighted by Crippen LogP contribution is 2.23. The van der Waals surface area contributed by atoms with Gasteiger partial charge in [-0.1, -0.05) is 11.6 Å². The first kappa shape index (κ1) is 21.0. The number of hydrogen-bond donors (Lipinski definition) is 0. The maximum Gasteiger partial charge on any atom is 0.119 e. The predicted molar refractivity (Wildman–Crippen MR) is 121 cm³/mol. The van der Waals surface area contributed by atoms with E-state index in [1.165, 1.54) is 31.6 Å². The fourth-order valence-electron chi connectivity index (χ4n) is 4.26. The van der Waals surface area contributed by atoms with Crippen molar-refractivity contribution in [2.24, 2.45) is 0 Å². The van der Waals surface area contributed by atoms with E-state index < -0.39 is 0 Å². The van der Waals surface area contributed by atoms with Crippen LogP contribution < -0.4 is 9.64 Å². The highest BCUT2D eigenvalue weighted by atomic mass is 35.5. The summed E-state index contributed by atoms with van der Waals surface area (Å²) < 4.78 is 5.99. The molecule has 0 amide bonds.